The topological polar surface area (TPSA) is 103 Å². The van der Waals surface area contributed by atoms with Crippen LogP contribution in [-0.2, 0) is 0 Å². The molecule has 1 heterocycles. The third kappa shape index (κ3) is 3.45. The molecule has 8 heteroatoms. The number of nitrogens with one attached hydrogen (secondary N) is 2. The van der Waals surface area contributed by atoms with E-state index in [1.54, 1.807) is 6.92 Å². The number of hydrogen-bond donors (Lipinski definition) is 2. The fourth-order valence-electron chi connectivity index (χ4n) is 2.14. The predicted molar refractivity (Wildman–Crippen MR) is 79.5 cm³/mol. The van der Waals surface area contributed by atoms with Crippen molar-refractivity contribution in [2.24, 2.45) is 5.92 Å². The Morgan fingerprint density at radius 3 is 2.68 bits per heavy atom. The van der Waals surface area contributed by atoms with Crippen LogP contribution in [-0.4, -0.2) is 44.2 Å². The Labute approximate surface area is 127 Å². The van der Waals surface area contributed by atoms with E-state index in [2.05, 4.69) is 10.6 Å². The summed E-state index contributed by atoms with van der Waals surface area (Å²) in [7, 11) is 1.39. The van der Waals surface area contributed by atoms with Crippen LogP contribution < -0.4 is 20.1 Å². The molecule has 0 unspecified atom stereocenters. The number of ether oxygens (including phenoxy) is 2. The van der Waals surface area contributed by atoms with Crippen LogP contribution >= 0.6 is 0 Å². The normalized spacial score (nSPS) is 14.1. The van der Waals surface area contributed by atoms with Crippen LogP contribution in [0.1, 0.15) is 17.3 Å². The lowest BCUT2D eigenvalue weighted by Gasteiger charge is -2.27. The summed E-state index contributed by atoms with van der Waals surface area (Å²) >= 11 is 0. The second-order valence-electron chi connectivity index (χ2n) is 4.94. The maximum absolute atomic E-state index is 12.2. The smallest absolute Gasteiger partial charge is 0.286 e. The van der Waals surface area contributed by atoms with E-state index >= 15 is 0 Å². The first-order chi connectivity index (χ1) is 10.6. The predicted octanol–water partition coefficient (Wildman–Crippen LogP) is 0.951. The van der Waals surface area contributed by atoms with E-state index in [-0.39, 0.29) is 17.0 Å². The quantitative estimate of drug-likeness (QED) is 0.574. The number of nitro benzene ring substituents is 1. The summed E-state index contributed by atoms with van der Waals surface area (Å²) < 4.78 is 10.5. The van der Waals surface area contributed by atoms with Gasteiger partial charge >= 0.3 is 0 Å². The largest absolute Gasteiger partial charge is 0.493 e. The number of rotatable bonds is 7. The molecule has 8 nitrogen and oxygen atoms in total. The zero-order chi connectivity index (χ0) is 16.1. The van der Waals surface area contributed by atoms with Gasteiger partial charge in [-0.2, -0.15) is 0 Å². The van der Waals surface area contributed by atoms with Crippen LogP contribution in [0, 0.1) is 16.0 Å². The lowest BCUT2D eigenvalue weighted by Crippen LogP contribution is -2.48. The summed E-state index contributed by atoms with van der Waals surface area (Å²) in [5, 5.41) is 17.0. The maximum Gasteiger partial charge on any atom is 0.286 e. The van der Waals surface area contributed by atoms with E-state index in [0.717, 1.165) is 13.1 Å². The van der Waals surface area contributed by atoms with Gasteiger partial charge in [0.05, 0.1) is 24.7 Å². The van der Waals surface area contributed by atoms with E-state index in [1.807, 2.05) is 0 Å². The molecule has 1 fully saturated rings. The molecule has 2 N–H and O–H groups in total. The molecule has 1 saturated heterocycles. The van der Waals surface area contributed by atoms with Crippen LogP contribution in [0.15, 0.2) is 12.1 Å². The summed E-state index contributed by atoms with van der Waals surface area (Å²) in [6.07, 6.45) is 0. The highest BCUT2D eigenvalue weighted by molar-refractivity contribution is 5.99. The highest BCUT2D eigenvalue weighted by Crippen LogP contribution is 2.34. The average molecular weight is 309 g/mol. The van der Waals surface area contributed by atoms with E-state index in [1.165, 1.54) is 19.2 Å². The van der Waals surface area contributed by atoms with Gasteiger partial charge in [-0.25, -0.2) is 0 Å². The minimum Gasteiger partial charge on any atom is -0.493 e. The second-order valence-corrected chi connectivity index (χ2v) is 4.94. The zero-order valence-electron chi connectivity index (χ0n) is 12.5. The van der Waals surface area contributed by atoms with Crippen molar-refractivity contribution >= 4 is 11.6 Å². The number of carbonyl (C=O) groups is 1. The first-order valence-electron chi connectivity index (χ1n) is 7.05. The molecule has 0 saturated carbocycles. The summed E-state index contributed by atoms with van der Waals surface area (Å²) in [5.41, 5.74) is -0.328. The van der Waals surface area contributed by atoms with Gasteiger partial charge in [0, 0.05) is 31.6 Å². The van der Waals surface area contributed by atoms with Gasteiger partial charge in [0.1, 0.15) is 5.56 Å². The number of nitrogens with zero attached hydrogens (tertiary/aromatic N) is 1. The van der Waals surface area contributed by atoms with E-state index in [0.29, 0.717) is 24.8 Å². The Morgan fingerprint density at radius 1 is 1.45 bits per heavy atom. The van der Waals surface area contributed by atoms with Crippen LogP contribution in [0.25, 0.3) is 0 Å². The van der Waals surface area contributed by atoms with E-state index < -0.39 is 10.8 Å². The van der Waals surface area contributed by atoms with Crippen molar-refractivity contribution in [3.8, 4) is 11.5 Å². The monoisotopic (exact) mass is 309 g/mol. The number of nitro groups is 1. The first-order valence-corrected chi connectivity index (χ1v) is 7.05. The maximum atomic E-state index is 12.2. The molecular formula is C14H19N3O5. The second kappa shape index (κ2) is 7.08. The highest BCUT2D eigenvalue weighted by atomic mass is 16.6. The van der Waals surface area contributed by atoms with Crippen LogP contribution in [0.3, 0.4) is 0 Å². The molecule has 1 aliphatic rings. The molecule has 1 aliphatic heterocycles. The lowest BCUT2D eigenvalue weighted by molar-refractivity contribution is -0.385. The van der Waals surface area contributed by atoms with Gasteiger partial charge in [-0.1, -0.05) is 0 Å². The molecule has 0 bridgehead atoms. The fraction of sp³-hybridized carbons (Fsp3) is 0.500. The van der Waals surface area contributed by atoms with Crippen molar-refractivity contribution in [1.82, 2.24) is 10.6 Å². The van der Waals surface area contributed by atoms with Gasteiger partial charge in [0.2, 0.25) is 0 Å². The SMILES string of the molecule is CCOc1cc(C(=O)NCC2CNC2)c([N+](=O)[O-])cc1OC. The summed E-state index contributed by atoms with van der Waals surface area (Å²) in [6, 6.07) is 2.57. The van der Waals surface area contributed by atoms with Crippen molar-refractivity contribution in [3.63, 3.8) is 0 Å². The Hall–Kier alpha value is -2.35. The van der Waals surface area contributed by atoms with Gasteiger partial charge in [-0.3, -0.25) is 14.9 Å². The third-order valence-electron chi connectivity index (χ3n) is 3.44. The molecule has 120 valence electrons. The number of benzene rings is 1. The van der Waals surface area contributed by atoms with Gasteiger partial charge in [-0.15, -0.1) is 0 Å². The van der Waals surface area contributed by atoms with E-state index in [9.17, 15) is 14.9 Å². The molecule has 22 heavy (non-hydrogen) atoms. The van der Waals surface area contributed by atoms with Gasteiger partial charge in [0.25, 0.3) is 11.6 Å². The highest BCUT2D eigenvalue weighted by Gasteiger charge is 2.26. The third-order valence-corrected chi connectivity index (χ3v) is 3.44. The molecule has 2 rings (SSSR count). The molecule has 0 aliphatic carbocycles. The molecule has 0 aromatic heterocycles. The minimum absolute atomic E-state index is 0.0264. The molecular weight excluding hydrogens is 290 g/mol. The standard InChI is InChI=1S/C14H19N3O5/c1-3-22-13-4-10(11(17(19)20)5-12(13)21-2)14(18)16-8-9-6-15-7-9/h4-5,9,15H,3,6-8H2,1-2H3,(H,16,18). The molecule has 0 atom stereocenters. The first kappa shape index (κ1) is 16.0. The van der Waals surface area contributed by atoms with Crippen molar-refractivity contribution in [1.29, 1.82) is 0 Å². The molecule has 0 spiro atoms. The zero-order valence-corrected chi connectivity index (χ0v) is 12.5. The number of methoxy groups -OCH3 is 1. The van der Waals surface area contributed by atoms with Crippen molar-refractivity contribution in [3.05, 3.63) is 27.8 Å². The number of amides is 1. The number of carbonyl (C=O) groups excluding carboxylic acids is 1. The Balaban J connectivity index is 2.27. The van der Waals surface area contributed by atoms with Gasteiger partial charge in [-0.05, 0) is 6.92 Å². The Bertz CT molecular complexity index is 572. The van der Waals surface area contributed by atoms with Crippen molar-refractivity contribution in [2.75, 3.05) is 33.4 Å². The van der Waals surface area contributed by atoms with Crippen molar-refractivity contribution < 1.29 is 19.2 Å². The van der Waals surface area contributed by atoms with Crippen LogP contribution in [0.5, 0.6) is 11.5 Å². The summed E-state index contributed by atoms with van der Waals surface area (Å²) in [6.45, 7) is 4.32. The Kier molecular flexibility index (Phi) is 5.16. The minimum atomic E-state index is -0.599. The molecule has 0 radical (unpaired) electrons. The number of hydrogen-bond acceptors (Lipinski definition) is 6. The van der Waals surface area contributed by atoms with Crippen LogP contribution in [0.2, 0.25) is 0 Å². The fourth-order valence-corrected chi connectivity index (χ4v) is 2.14. The lowest BCUT2D eigenvalue weighted by atomic mass is 10.0. The van der Waals surface area contributed by atoms with Gasteiger partial charge in [0.15, 0.2) is 11.5 Å². The van der Waals surface area contributed by atoms with Crippen LogP contribution in [0.4, 0.5) is 5.69 Å². The average Bonchev–Trinajstić information content (AvgIpc) is 2.45. The Morgan fingerprint density at radius 2 is 2.18 bits per heavy atom. The van der Waals surface area contributed by atoms with Crippen molar-refractivity contribution in [2.45, 2.75) is 6.92 Å². The molecule has 1 aromatic carbocycles. The van der Waals surface area contributed by atoms with E-state index in [4.69, 9.17) is 9.47 Å². The summed E-state index contributed by atoms with van der Waals surface area (Å²) in [5.74, 6) is 0.425. The molecule has 1 amide bonds. The molecule has 1 aromatic rings. The summed E-state index contributed by atoms with van der Waals surface area (Å²) in [4.78, 5) is 22.8. The van der Waals surface area contributed by atoms with Gasteiger partial charge < -0.3 is 20.1 Å².